The van der Waals surface area contributed by atoms with Crippen molar-refractivity contribution >= 4 is 21.9 Å². The maximum absolute atomic E-state index is 9.54. The molecule has 1 atom stereocenters. The first-order valence-corrected chi connectivity index (χ1v) is 6.67. The second-order valence-corrected chi connectivity index (χ2v) is 5.23. The normalized spacial score (nSPS) is 13.2. The second kappa shape index (κ2) is 4.56. The highest BCUT2D eigenvalue weighted by Gasteiger charge is 2.24. The van der Waals surface area contributed by atoms with Crippen molar-refractivity contribution in [2.45, 2.75) is 26.7 Å². The standard InChI is InChI=1S/C16H18O4/c1-8(7-17)13-11-5-9(2)20-16(11)15(18-4)12-6-10(3)19-14(12)13/h5-6,8,17H,7H2,1-4H3. The van der Waals surface area contributed by atoms with E-state index in [1.165, 1.54) is 0 Å². The third kappa shape index (κ3) is 1.72. The van der Waals surface area contributed by atoms with Gasteiger partial charge in [0.15, 0.2) is 11.3 Å². The minimum atomic E-state index is -0.0338. The molecule has 0 saturated carbocycles. The third-order valence-electron chi connectivity index (χ3n) is 3.67. The summed E-state index contributed by atoms with van der Waals surface area (Å²) < 4.78 is 17.2. The number of fused-ring (bicyclic) bond motifs is 2. The summed E-state index contributed by atoms with van der Waals surface area (Å²) in [6, 6.07) is 3.91. The SMILES string of the molecule is COc1c2cc(C)oc2c(C(C)CO)c2cc(C)oc12. The molecule has 3 aromatic rings. The number of aryl methyl sites for hydroxylation is 2. The number of hydrogen-bond donors (Lipinski definition) is 1. The Labute approximate surface area is 116 Å². The molecule has 0 saturated heterocycles. The van der Waals surface area contributed by atoms with Crippen LogP contribution in [0.25, 0.3) is 21.9 Å². The molecule has 2 aromatic heterocycles. The molecule has 0 bridgehead atoms. The Morgan fingerprint density at radius 3 is 2.30 bits per heavy atom. The Balaban J connectivity index is 2.54. The van der Waals surface area contributed by atoms with Crippen molar-refractivity contribution in [2.24, 2.45) is 0 Å². The topological polar surface area (TPSA) is 55.7 Å². The average molecular weight is 274 g/mol. The molecule has 0 aliphatic heterocycles. The zero-order valence-corrected chi connectivity index (χ0v) is 12.1. The lowest BCUT2D eigenvalue weighted by Gasteiger charge is -2.12. The minimum absolute atomic E-state index is 0.0338. The quantitative estimate of drug-likeness (QED) is 0.787. The van der Waals surface area contributed by atoms with Crippen LogP contribution in [0.1, 0.15) is 29.9 Å². The summed E-state index contributed by atoms with van der Waals surface area (Å²) >= 11 is 0. The van der Waals surface area contributed by atoms with E-state index in [4.69, 9.17) is 13.6 Å². The molecule has 0 aliphatic carbocycles. The fourth-order valence-corrected chi connectivity index (χ4v) is 2.79. The Morgan fingerprint density at radius 2 is 1.70 bits per heavy atom. The Morgan fingerprint density at radius 1 is 1.10 bits per heavy atom. The van der Waals surface area contributed by atoms with Gasteiger partial charge in [-0.15, -0.1) is 0 Å². The van der Waals surface area contributed by atoms with Crippen LogP contribution in [0.3, 0.4) is 0 Å². The molecule has 1 aromatic carbocycles. The average Bonchev–Trinajstić information content (AvgIpc) is 2.96. The second-order valence-electron chi connectivity index (χ2n) is 5.23. The van der Waals surface area contributed by atoms with Crippen molar-refractivity contribution in [2.75, 3.05) is 13.7 Å². The Bertz CT molecular complexity index is 721. The summed E-state index contributed by atoms with van der Waals surface area (Å²) in [6.07, 6.45) is 0. The van der Waals surface area contributed by atoms with Crippen LogP contribution in [-0.4, -0.2) is 18.8 Å². The van der Waals surface area contributed by atoms with Gasteiger partial charge in [-0.1, -0.05) is 6.92 Å². The zero-order chi connectivity index (χ0) is 14.4. The molecular formula is C16H18O4. The summed E-state index contributed by atoms with van der Waals surface area (Å²) in [5, 5.41) is 11.4. The Hall–Kier alpha value is -1.94. The van der Waals surface area contributed by atoms with E-state index in [1.54, 1.807) is 7.11 Å². The van der Waals surface area contributed by atoms with Crippen LogP contribution in [0.15, 0.2) is 21.0 Å². The number of aliphatic hydroxyl groups is 1. The first kappa shape index (κ1) is 13.1. The maximum Gasteiger partial charge on any atom is 0.177 e. The number of furan rings is 2. The molecule has 0 fully saturated rings. The van der Waals surface area contributed by atoms with E-state index in [2.05, 4.69) is 0 Å². The molecule has 20 heavy (non-hydrogen) atoms. The van der Waals surface area contributed by atoms with E-state index in [-0.39, 0.29) is 12.5 Å². The number of aliphatic hydroxyl groups excluding tert-OH is 1. The monoisotopic (exact) mass is 274 g/mol. The molecule has 4 heteroatoms. The molecule has 4 nitrogen and oxygen atoms in total. The van der Waals surface area contributed by atoms with E-state index in [1.807, 2.05) is 32.9 Å². The summed E-state index contributed by atoms with van der Waals surface area (Å²) in [5.41, 5.74) is 2.46. The van der Waals surface area contributed by atoms with Gasteiger partial charge in [-0.2, -0.15) is 0 Å². The zero-order valence-electron chi connectivity index (χ0n) is 12.1. The van der Waals surface area contributed by atoms with Crippen molar-refractivity contribution in [3.05, 3.63) is 29.2 Å². The summed E-state index contributed by atoms with van der Waals surface area (Å²) in [7, 11) is 1.63. The van der Waals surface area contributed by atoms with Crippen LogP contribution in [0.5, 0.6) is 5.75 Å². The van der Waals surface area contributed by atoms with Gasteiger partial charge in [0.1, 0.15) is 17.1 Å². The summed E-state index contributed by atoms with van der Waals surface area (Å²) in [6.45, 7) is 5.83. The fourth-order valence-electron chi connectivity index (χ4n) is 2.79. The first-order valence-electron chi connectivity index (χ1n) is 6.67. The molecule has 2 heterocycles. The third-order valence-corrected chi connectivity index (χ3v) is 3.67. The maximum atomic E-state index is 9.54. The van der Waals surface area contributed by atoms with Gasteiger partial charge in [0.2, 0.25) is 0 Å². The number of ether oxygens (including phenoxy) is 1. The molecule has 3 rings (SSSR count). The lowest BCUT2D eigenvalue weighted by molar-refractivity contribution is 0.273. The molecule has 0 spiro atoms. The first-order chi connectivity index (χ1) is 9.56. The van der Waals surface area contributed by atoms with E-state index < -0.39 is 0 Å². The van der Waals surface area contributed by atoms with Gasteiger partial charge >= 0.3 is 0 Å². The van der Waals surface area contributed by atoms with Crippen molar-refractivity contribution in [1.29, 1.82) is 0 Å². The van der Waals surface area contributed by atoms with Crippen LogP contribution >= 0.6 is 0 Å². The predicted octanol–water partition coefficient (Wildman–Crippen LogP) is 3.90. The molecule has 0 radical (unpaired) electrons. The van der Waals surface area contributed by atoms with Crippen molar-refractivity contribution in [3.63, 3.8) is 0 Å². The molecule has 106 valence electrons. The highest BCUT2D eigenvalue weighted by Crippen LogP contribution is 2.43. The minimum Gasteiger partial charge on any atom is -0.492 e. The van der Waals surface area contributed by atoms with E-state index >= 15 is 0 Å². The molecule has 1 unspecified atom stereocenters. The van der Waals surface area contributed by atoms with Gasteiger partial charge in [-0.25, -0.2) is 0 Å². The van der Waals surface area contributed by atoms with Gasteiger partial charge in [0, 0.05) is 23.5 Å². The van der Waals surface area contributed by atoms with E-state index in [0.717, 1.165) is 33.4 Å². The lowest BCUT2D eigenvalue weighted by Crippen LogP contribution is -2.00. The lowest BCUT2D eigenvalue weighted by atomic mass is 9.95. The van der Waals surface area contributed by atoms with Crippen LogP contribution in [0.4, 0.5) is 0 Å². The number of methoxy groups -OCH3 is 1. The van der Waals surface area contributed by atoms with Gasteiger partial charge < -0.3 is 18.7 Å². The van der Waals surface area contributed by atoms with Gasteiger partial charge in [-0.3, -0.25) is 0 Å². The molecular weight excluding hydrogens is 256 g/mol. The number of benzene rings is 1. The summed E-state index contributed by atoms with van der Waals surface area (Å²) in [5.74, 6) is 2.28. The molecule has 0 aliphatic rings. The number of rotatable bonds is 3. The molecule has 0 amide bonds. The number of hydrogen-bond acceptors (Lipinski definition) is 4. The summed E-state index contributed by atoms with van der Waals surface area (Å²) in [4.78, 5) is 0. The van der Waals surface area contributed by atoms with Crippen molar-refractivity contribution in [1.82, 2.24) is 0 Å². The largest absolute Gasteiger partial charge is 0.492 e. The van der Waals surface area contributed by atoms with Gasteiger partial charge in [0.25, 0.3) is 0 Å². The van der Waals surface area contributed by atoms with Crippen LogP contribution < -0.4 is 4.74 Å². The van der Waals surface area contributed by atoms with E-state index in [9.17, 15) is 5.11 Å². The predicted molar refractivity (Wildman–Crippen MR) is 77.5 cm³/mol. The van der Waals surface area contributed by atoms with Crippen LogP contribution in [0, 0.1) is 13.8 Å². The smallest absolute Gasteiger partial charge is 0.177 e. The van der Waals surface area contributed by atoms with Gasteiger partial charge in [-0.05, 0) is 26.0 Å². The van der Waals surface area contributed by atoms with Crippen LogP contribution in [0.2, 0.25) is 0 Å². The fraction of sp³-hybridized carbons (Fsp3) is 0.375. The van der Waals surface area contributed by atoms with Crippen molar-refractivity contribution < 1.29 is 18.7 Å². The van der Waals surface area contributed by atoms with Crippen molar-refractivity contribution in [3.8, 4) is 5.75 Å². The highest BCUT2D eigenvalue weighted by atomic mass is 16.5. The molecule has 1 N–H and O–H groups in total. The van der Waals surface area contributed by atoms with Crippen LogP contribution in [-0.2, 0) is 0 Å². The Kier molecular flexibility index (Phi) is 2.98. The van der Waals surface area contributed by atoms with Gasteiger partial charge in [0.05, 0.1) is 12.5 Å². The van der Waals surface area contributed by atoms with E-state index in [0.29, 0.717) is 11.3 Å². The highest BCUT2D eigenvalue weighted by molar-refractivity contribution is 6.05.